The highest BCUT2D eigenvalue weighted by Crippen LogP contribution is 2.37. The van der Waals surface area contributed by atoms with Gasteiger partial charge in [-0.3, -0.25) is 4.79 Å². The molecule has 0 radical (unpaired) electrons. The predicted molar refractivity (Wildman–Crippen MR) is 91.1 cm³/mol. The van der Waals surface area contributed by atoms with Crippen LogP contribution in [-0.2, 0) is 9.53 Å². The standard InChI is InChI=1S/C19H28N2O2/c20-19(10-12-23-13-11-19)14-21-18(22)17-9-5-4-8-16(17)15-6-2-1-3-7-15/h1-3,6-7,16-17H,4-5,8-14,20H2,(H,21,22)/t16-,17-/m1/s1. The Hall–Kier alpha value is -1.39. The average Bonchev–Trinajstić information content (AvgIpc) is 2.61. The fourth-order valence-corrected chi connectivity index (χ4v) is 3.89. The van der Waals surface area contributed by atoms with Gasteiger partial charge in [0.05, 0.1) is 0 Å². The van der Waals surface area contributed by atoms with Crippen LogP contribution in [0, 0.1) is 5.92 Å². The van der Waals surface area contributed by atoms with Crippen molar-refractivity contribution in [2.45, 2.75) is 50.0 Å². The Morgan fingerprint density at radius 1 is 1.17 bits per heavy atom. The molecule has 1 amide bonds. The van der Waals surface area contributed by atoms with E-state index in [0.717, 1.165) is 32.1 Å². The zero-order valence-corrected chi connectivity index (χ0v) is 13.8. The van der Waals surface area contributed by atoms with Crippen molar-refractivity contribution < 1.29 is 9.53 Å². The zero-order chi connectivity index (χ0) is 16.1. The molecule has 1 aliphatic heterocycles. The van der Waals surface area contributed by atoms with Gasteiger partial charge in [0.25, 0.3) is 0 Å². The number of carbonyl (C=O) groups excluding carboxylic acids is 1. The van der Waals surface area contributed by atoms with Gasteiger partial charge in [-0.05, 0) is 37.2 Å². The van der Waals surface area contributed by atoms with Crippen LogP contribution in [0.25, 0.3) is 0 Å². The number of rotatable bonds is 4. The summed E-state index contributed by atoms with van der Waals surface area (Å²) in [4.78, 5) is 12.8. The summed E-state index contributed by atoms with van der Waals surface area (Å²) < 4.78 is 5.37. The molecule has 3 rings (SSSR count). The van der Waals surface area contributed by atoms with Crippen molar-refractivity contribution in [1.29, 1.82) is 0 Å². The molecule has 2 aliphatic rings. The van der Waals surface area contributed by atoms with E-state index in [1.54, 1.807) is 0 Å². The number of nitrogens with one attached hydrogen (secondary N) is 1. The quantitative estimate of drug-likeness (QED) is 0.897. The topological polar surface area (TPSA) is 64.3 Å². The van der Waals surface area contributed by atoms with Crippen LogP contribution in [0.1, 0.15) is 50.0 Å². The van der Waals surface area contributed by atoms with Crippen LogP contribution < -0.4 is 11.1 Å². The van der Waals surface area contributed by atoms with E-state index in [2.05, 4.69) is 29.6 Å². The minimum Gasteiger partial charge on any atom is -0.381 e. The first-order valence-electron chi connectivity index (χ1n) is 8.87. The molecule has 1 saturated carbocycles. The fraction of sp³-hybridized carbons (Fsp3) is 0.632. The molecule has 4 heteroatoms. The molecule has 23 heavy (non-hydrogen) atoms. The number of nitrogens with two attached hydrogens (primary N) is 1. The van der Waals surface area contributed by atoms with Gasteiger partial charge in [-0.2, -0.15) is 0 Å². The van der Waals surface area contributed by atoms with E-state index >= 15 is 0 Å². The Morgan fingerprint density at radius 2 is 1.87 bits per heavy atom. The summed E-state index contributed by atoms with van der Waals surface area (Å²) in [6.45, 7) is 1.96. The van der Waals surface area contributed by atoms with E-state index in [-0.39, 0.29) is 17.4 Å². The van der Waals surface area contributed by atoms with Crippen molar-refractivity contribution in [2.75, 3.05) is 19.8 Å². The maximum Gasteiger partial charge on any atom is 0.223 e. The van der Waals surface area contributed by atoms with Gasteiger partial charge in [0.1, 0.15) is 0 Å². The lowest BCUT2D eigenvalue weighted by molar-refractivity contribution is -0.127. The maximum absolute atomic E-state index is 12.8. The highest BCUT2D eigenvalue weighted by Gasteiger charge is 2.34. The Balaban J connectivity index is 1.62. The summed E-state index contributed by atoms with van der Waals surface area (Å²) in [7, 11) is 0. The molecule has 0 aromatic heterocycles. The molecule has 1 aromatic carbocycles. The summed E-state index contributed by atoms with van der Waals surface area (Å²) in [5.41, 5.74) is 7.38. The normalized spacial score (nSPS) is 27.3. The van der Waals surface area contributed by atoms with E-state index in [9.17, 15) is 4.79 Å². The Morgan fingerprint density at radius 3 is 2.61 bits per heavy atom. The summed E-state index contributed by atoms with van der Waals surface area (Å²) in [5.74, 6) is 0.595. The molecular weight excluding hydrogens is 288 g/mol. The Kier molecular flexibility index (Phi) is 5.34. The van der Waals surface area contributed by atoms with Crippen LogP contribution in [0.2, 0.25) is 0 Å². The van der Waals surface area contributed by atoms with E-state index in [1.165, 1.54) is 12.0 Å². The van der Waals surface area contributed by atoms with E-state index < -0.39 is 0 Å². The fourth-order valence-electron chi connectivity index (χ4n) is 3.89. The molecular formula is C19H28N2O2. The highest BCUT2D eigenvalue weighted by molar-refractivity contribution is 5.80. The monoisotopic (exact) mass is 316 g/mol. The van der Waals surface area contributed by atoms with Crippen LogP contribution in [0.4, 0.5) is 0 Å². The van der Waals surface area contributed by atoms with Crippen molar-refractivity contribution in [1.82, 2.24) is 5.32 Å². The highest BCUT2D eigenvalue weighted by atomic mass is 16.5. The minimum absolute atomic E-state index is 0.0783. The first kappa shape index (κ1) is 16.5. The van der Waals surface area contributed by atoms with Crippen LogP contribution in [0.15, 0.2) is 30.3 Å². The second-order valence-corrected chi connectivity index (χ2v) is 7.10. The summed E-state index contributed by atoms with van der Waals surface area (Å²) in [6.07, 6.45) is 6.07. The van der Waals surface area contributed by atoms with Gasteiger partial charge in [0, 0.05) is 31.2 Å². The van der Waals surface area contributed by atoms with Crippen molar-refractivity contribution in [3.63, 3.8) is 0 Å². The van der Waals surface area contributed by atoms with Crippen molar-refractivity contribution in [3.8, 4) is 0 Å². The number of carbonyl (C=O) groups is 1. The Bertz CT molecular complexity index is 511. The maximum atomic E-state index is 12.8. The lowest BCUT2D eigenvalue weighted by Gasteiger charge is -2.35. The third kappa shape index (κ3) is 4.12. The van der Waals surface area contributed by atoms with Gasteiger partial charge in [-0.25, -0.2) is 0 Å². The van der Waals surface area contributed by atoms with Crippen molar-refractivity contribution in [3.05, 3.63) is 35.9 Å². The van der Waals surface area contributed by atoms with E-state index in [4.69, 9.17) is 10.5 Å². The predicted octanol–water partition coefficient (Wildman–Crippen LogP) is 2.58. The van der Waals surface area contributed by atoms with Gasteiger partial charge < -0.3 is 15.8 Å². The lowest BCUT2D eigenvalue weighted by Crippen LogP contribution is -2.54. The van der Waals surface area contributed by atoms with Gasteiger partial charge >= 0.3 is 0 Å². The smallest absolute Gasteiger partial charge is 0.223 e. The molecule has 2 fully saturated rings. The molecule has 1 aromatic rings. The SMILES string of the molecule is NC1(CNC(=O)[C@@H]2CCCC[C@@H]2c2ccccc2)CCOCC1. The first-order chi connectivity index (χ1) is 11.2. The van der Waals surface area contributed by atoms with Crippen LogP contribution in [0.3, 0.4) is 0 Å². The van der Waals surface area contributed by atoms with Crippen LogP contribution in [0.5, 0.6) is 0 Å². The Labute approximate surface area is 138 Å². The molecule has 1 saturated heterocycles. The van der Waals surface area contributed by atoms with E-state index in [0.29, 0.717) is 25.7 Å². The number of ether oxygens (including phenoxy) is 1. The average molecular weight is 316 g/mol. The minimum atomic E-state index is -0.301. The third-order valence-corrected chi connectivity index (χ3v) is 5.43. The van der Waals surface area contributed by atoms with E-state index in [1.807, 2.05) is 6.07 Å². The summed E-state index contributed by atoms with van der Waals surface area (Å²) >= 11 is 0. The first-order valence-corrected chi connectivity index (χ1v) is 8.87. The summed E-state index contributed by atoms with van der Waals surface area (Å²) in [5, 5.41) is 3.14. The third-order valence-electron chi connectivity index (χ3n) is 5.43. The number of hydrogen-bond donors (Lipinski definition) is 2. The van der Waals surface area contributed by atoms with Gasteiger partial charge in [0.2, 0.25) is 5.91 Å². The number of benzene rings is 1. The van der Waals surface area contributed by atoms with Gasteiger partial charge in [-0.15, -0.1) is 0 Å². The molecule has 2 atom stereocenters. The number of hydrogen-bond acceptors (Lipinski definition) is 3. The van der Waals surface area contributed by atoms with Crippen LogP contribution >= 0.6 is 0 Å². The second kappa shape index (κ2) is 7.45. The molecule has 0 bridgehead atoms. The molecule has 4 nitrogen and oxygen atoms in total. The number of amides is 1. The van der Waals surface area contributed by atoms with Crippen molar-refractivity contribution in [2.24, 2.45) is 11.7 Å². The van der Waals surface area contributed by atoms with Gasteiger partial charge in [0.15, 0.2) is 0 Å². The molecule has 0 unspecified atom stereocenters. The molecule has 1 heterocycles. The van der Waals surface area contributed by atoms with Gasteiger partial charge in [-0.1, -0.05) is 43.2 Å². The second-order valence-electron chi connectivity index (χ2n) is 7.10. The molecule has 1 aliphatic carbocycles. The molecule has 126 valence electrons. The molecule has 3 N–H and O–H groups in total. The van der Waals surface area contributed by atoms with Crippen LogP contribution in [-0.4, -0.2) is 31.2 Å². The summed E-state index contributed by atoms with van der Waals surface area (Å²) in [6, 6.07) is 10.5. The molecule has 0 spiro atoms. The largest absolute Gasteiger partial charge is 0.381 e. The lowest BCUT2D eigenvalue weighted by atomic mass is 9.75. The zero-order valence-electron chi connectivity index (χ0n) is 13.8. The van der Waals surface area contributed by atoms with Crippen molar-refractivity contribution >= 4 is 5.91 Å².